The second-order valence-electron chi connectivity index (χ2n) is 14.9. The number of hydrogen-bond acceptors (Lipinski definition) is 8. The molecule has 2 N–H and O–H groups in total. The smallest absolute Gasteiger partial charge is 0.410 e. The van der Waals surface area contributed by atoms with E-state index in [9.17, 15) is 19.2 Å². The summed E-state index contributed by atoms with van der Waals surface area (Å²) in [7, 11) is 0. The maximum atomic E-state index is 12.8. The Hall–Kier alpha value is -5.26. The van der Waals surface area contributed by atoms with Gasteiger partial charge in [-0.3, -0.25) is 19.4 Å². The van der Waals surface area contributed by atoms with Crippen LogP contribution in [0.1, 0.15) is 112 Å². The minimum atomic E-state index is -0.597. The van der Waals surface area contributed by atoms with Crippen molar-refractivity contribution in [2.24, 2.45) is 0 Å². The summed E-state index contributed by atoms with van der Waals surface area (Å²) in [5, 5.41) is 0. The van der Waals surface area contributed by atoms with E-state index in [4.69, 9.17) is 9.47 Å². The highest BCUT2D eigenvalue weighted by molar-refractivity contribution is 5.96. The molecule has 12 heteroatoms. The normalized spacial score (nSPS) is 18.0. The zero-order valence-electron chi connectivity index (χ0n) is 29.4. The number of aldehydes is 2. The Morgan fingerprint density at radius 3 is 1.46 bits per heavy atom. The van der Waals surface area contributed by atoms with Gasteiger partial charge in [-0.15, -0.1) is 0 Å². The highest BCUT2D eigenvalue weighted by atomic mass is 16.6. The second kappa shape index (κ2) is 13.6. The van der Waals surface area contributed by atoms with Crippen LogP contribution in [-0.4, -0.2) is 78.8 Å². The first-order chi connectivity index (χ1) is 23.7. The number of aromatic nitrogens is 4. The van der Waals surface area contributed by atoms with Gasteiger partial charge in [0.2, 0.25) is 0 Å². The third-order valence-electron chi connectivity index (χ3n) is 8.85. The molecule has 0 saturated carbocycles. The number of imidazole rings is 2. The molecule has 6 rings (SSSR count). The Morgan fingerprint density at radius 1 is 0.700 bits per heavy atom. The number of amides is 2. The quantitative estimate of drug-likeness (QED) is 0.187. The Kier molecular flexibility index (Phi) is 9.39. The van der Waals surface area contributed by atoms with E-state index in [2.05, 4.69) is 19.9 Å². The molecule has 2 amide bonds. The van der Waals surface area contributed by atoms with Gasteiger partial charge in [0.15, 0.2) is 12.6 Å². The van der Waals surface area contributed by atoms with Crippen molar-refractivity contribution in [1.29, 1.82) is 0 Å². The maximum Gasteiger partial charge on any atom is 0.410 e. The average Bonchev–Trinajstić information content (AvgIpc) is 3.88. The molecule has 4 aromatic rings. The van der Waals surface area contributed by atoms with Gasteiger partial charge in [0, 0.05) is 35.3 Å². The Balaban J connectivity index is 1.22. The fourth-order valence-electron chi connectivity index (χ4n) is 6.63. The van der Waals surface area contributed by atoms with Gasteiger partial charge >= 0.3 is 12.2 Å². The van der Waals surface area contributed by atoms with Crippen LogP contribution in [0, 0.1) is 0 Å². The Morgan fingerprint density at radius 2 is 1.10 bits per heavy atom. The van der Waals surface area contributed by atoms with Crippen LogP contribution >= 0.6 is 0 Å². The van der Waals surface area contributed by atoms with Crippen LogP contribution in [0.3, 0.4) is 0 Å². The fraction of sp³-hybridized carbons (Fsp3) is 0.421. The van der Waals surface area contributed by atoms with Crippen LogP contribution in [-0.2, 0) is 9.47 Å². The molecule has 4 heterocycles. The molecule has 0 unspecified atom stereocenters. The van der Waals surface area contributed by atoms with Crippen LogP contribution in [0.25, 0.3) is 33.6 Å². The molecule has 2 aliphatic heterocycles. The summed E-state index contributed by atoms with van der Waals surface area (Å²) in [5.74, 6) is 1.32. The van der Waals surface area contributed by atoms with Crippen molar-refractivity contribution in [2.45, 2.75) is 90.5 Å². The first-order valence-electron chi connectivity index (χ1n) is 17.0. The van der Waals surface area contributed by atoms with E-state index in [1.807, 2.05) is 65.8 Å². The molecule has 50 heavy (non-hydrogen) atoms. The van der Waals surface area contributed by atoms with Gasteiger partial charge in [0.25, 0.3) is 0 Å². The zero-order chi connectivity index (χ0) is 35.8. The van der Waals surface area contributed by atoms with Crippen LogP contribution in [0.15, 0.2) is 48.8 Å². The second-order valence-corrected chi connectivity index (χ2v) is 14.9. The van der Waals surface area contributed by atoms with E-state index in [0.717, 1.165) is 49.4 Å². The van der Waals surface area contributed by atoms with Crippen molar-refractivity contribution < 1.29 is 28.7 Å². The largest absolute Gasteiger partial charge is 0.444 e. The van der Waals surface area contributed by atoms with Gasteiger partial charge in [0.05, 0.1) is 35.9 Å². The van der Waals surface area contributed by atoms with E-state index >= 15 is 0 Å². The average molecular weight is 681 g/mol. The maximum absolute atomic E-state index is 12.8. The number of benzene rings is 2. The van der Waals surface area contributed by atoms with Gasteiger partial charge in [-0.05, 0) is 90.5 Å². The minimum Gasteiger partial charge on any atom is -0.444 e. The van der Waals surface area contributed by atoms with Crippen LogP contribution in [0.2, 0.25) is 0 Å². The molecule has 2 fully saturated rings. The summed E-state index contributed by atoms with van der Waals surface area (Å²) in [6.07, 6.45) is 7.44. The SMILES string of the molecule is CC(C)(C)OC(=O)N1CCC[C@H]1c1ncc(-c2ccc(-c3ccc(-c4cnc([C@@H]5CCCN5C(=O)OC(C)(C)C)[nH]4)cc3C=O)c(C=O)c2)[nH]1. The molecular formula is C38H44N6O6. The third kappa shape index (κ3) is 7.34. The van der Waals surface area contributed by atoms with E-state index in [0.29, 0.717) is 58.4 Å². The number of hydrogen-bond donors (Lipinski definition) is 2. The topological polar surface area (TPSA) is 151 Å². The molecule has 0 radical (unpaired) electrons. The number of aromatic amines is 2. The predicted molar refractivity (Wildman–Crippen MR) is 188 cm³/mol. The van der Waals surface area contributed by atoms with Crippen molar-refractivity contribution in [2.75, 3.05) is 13.1 Å². The van der Waals surface area contributed by atoms with E-state index < -0.39 is 11.2 Å². The molecule has 2 saturated heterocycles. The van der Waals surface area contributed by atoms with Gasteiger partial charge in [-0.25, -0.2) is 19.6 Å². The van der Waals surface area contributed by atoms with Gasteiger partial charge in [0.1, 0.15) is 22.9 Å². The molecule has 2 aliphatic rings. The van der Waals surface area contributed by atoms with Crippen LogP contribution < -0.4 is 0 Å². The third-order valence-corrected chi connectivity index (χ3v) is 8.85. The molecule has 2 aromatic carbocycles. The van der Waals surface area contributed by atoms with Gasteiger partial charge in [-0.1, -0.05) is 24.3 Å². The number of ether oxygens (including phenoxy) is 2. The number of H-pyrrole nitrogens is 2. The molecule has 262 valence electrons. The first kappa shape index (κ1) is 34.6. The van der Waals surface area contributed by atoms with Crippen molar-refractivity contribution in [3.63, 3.8) is 0 Å². The zero-order valence-corrected chi connectivity index (χ0v) is 29.4. The number of likely N-dealkylation sites (tertiary alicyclic amines) is 2. The standard InChI is InChI=1S/C38H44N6O6/c1-37(2,3)49-35(47)43-15-7-9-31(43)33-39-19-29(41-33)23-11-13-27(25(17-23)21-45)28-14-12-24(18-26(28)22-46)30-20-40-34(42-30)32-10-8-16-44(32)36(48)50-38(4,5)6/h11-14,17-22,31-32H,7-10,15-16H2,1-6H3,(H,39,41)(H,40,42)/t31-,32-/m0/s1. The highest BCUT2D eigenvalue weighted by Crippen LogP contribution is 2.36. The number of carbonyl (C=O) groups is 4. The molecule has 0 aliphatic carbocycles. The summed E-state index contributed by atoms with van der Waals surface area (Å²) in [5.41, 5.74) is 3.78. The number of nitrogens with zero attached hydrogens (tertiary/aromatic N) is 4. The van der Waals surface area contributed by atoms with Crippen molar-refractivity contribution in [3.8, 4) is 33.6 Å². The molecule has 0 bridgehead atoms. The fourth-order valence-corrected chi connectivity index (χ4v) is 6.63. The van der Waals surface area contributed by atoms with E-state index in [1.54, 1.807) is 34.3 Å². The Labute approximate surface area is 291 Å². The lowest BCUT2D eigenvalue weighted by Crippen LogP contribution is -2.36. The number of rotatable bonds is 7. The minimum absolute atomic E-state index is 0.231. The van der Waals surface area contributed by atoms with Crippen LogP contribution in [0.4, 0.5) is 9.59 Å². The summed E-state index contributed by atoms with van der Waals surface area (Å²) in [6.45, 7) is 12.2. The molecule has 0 spiro atoms. The molecule has 2 atom stereocenters. The molecular weight excluding hydrogens is 636 g/mol. The van der Waals surface area contributed by atoms with Crippen molar-refractivity contribution in [1.82, 2.24) is 29.7 Å². The monoisotopic (exact) mass is 680 g/mol. The van der Waals surface area contributed by atoms with Crippen molar-refractivity contribution in [3.05, 3.63) is 71.6 Å². The summed E-state index contributed by atoms with van der Waals surface area (Å²) in [4.78, 5) is 69.7. The van der Waals surface area contributed by atoms with Crippen LogP contribution in [0.5, 0.6) is 0 Å². The van der Waals surface area contributed by atoms with Crippen molar-refractivity contribution >= 4 is 24.8 Å². The predicted octanol–water partition coefficient (Wildman–Crippen LogP) is 7.90. The van der Waals surface area contributed by atoms with E-state index in [-0.39, 0.29) is 24.3 Å². The summed E-state index contributed by atoms with van der Waals surface area (Å²) < 4.78 is 11.2. The lowest BCUT2D eigenvalue weighted by molar-refractivity contribution is 0.0208. The number of nitrogens with one attached hydrogen (secondary N) is 2. The molecule has 2 aromatic heterocycles. The summed E-state index contributed by atoms with van der Waals surface area (Å²) in [6, 6.07) is 10.5. The first-order valence-corrected chi connectivity index (χ1v) is 17.0. The number of carbonyl (C=O) groups excluding carboxylic acids is 4. The summed E-state index contributed by atoms with van der Waals surface area (Å²) >= 11 is 0. The molecule has 12 nitrogen and oxygen atoms in total. The lowest BCUT2D eigenvalue weighted by Gasteiger charge is -2.27. The Bertz CT molecular complexity index is 1780. The lowest BCUT2D eigenvalue weighted by atomic mass is 9.93. The highest BCUT2D eigenvalue weighted by Gasteiger charge is 2.36. The van der Waals surface area contributed by atoms with E-state index in [1.165, 1.54) is 0 Å². The van der Waals surface area contributed by atoms with Gasteiger partial charge < -0.3 is 19.4 Å². The van der Waals surface area contributed by atoms with Gasteiger partial charge in [-0.2, -0.15) is 0 Å².